The number of aliphatic hydroxyl groups is 1. The number of hydrogen-bond donors (Lipinski definition) is 2. The SMILES string of the molecule is CC1CCC(C)N1C[C@@H](O)CNS(=O)(=O)c1cccc(F)c1. The van der Waals surface area contributed by atoms with Gasteiger partial charge in [-0.1, -0.05) is 6.07 Å². The third kappa shape index (κ3) is 4.25. The number of aliphatic hydroxyl groups excluding tert-OH is 1. The second kappa shape index (κ2) is 7.04. The van der Waals surface area contributed by atoms with E-state index in [0.717, 1.165) is 18.9 Å². The topological polar surface area (TPSA) is 69.6 Å². The summed E-state index contributed by atoms with van der Waals surface area (Å²) in [6, 6.07) is 5.59. The summed E-state index contributed by atoms with van der Waals surface area (Å²) in [5.74, 6) is -0.608. The molecule has 0 bridgehead atoms. The minimum Gasteiger partial charge on any atom is -0.390 e. The quantitative estimate of drug-likeness (QED) is 0.826. The molecule has 1 aliphatic heterocycles. The van der Waals surface area contributed by atoms with E-state index in [0.29, 0.717) is 18.6 Å². The fourth-order valence-electron chi connectivity index (χ4n) is 2.84. The van der Waals surface area contributed by atoms with Crippen LogP contribution < -0.4 is 4.72 Å². The number of benzene rings is 1. The van der Waals surface area contributed by atoms with Crippen molar-refractivity contribution in [2.75, 3.05) is 13.1 Å². The van der Waals surface area contributed by atoms with Crippen LogP contribution in [0, 0.1) is 5.82 Å². The lowest BCUT2D eigenvalue weighted by Crippen LogP contribution is -2.43. The zero-order valence-corrected chi connectivity index (χ0v) is 13.7. The maximum atomic E-state index is 13.1. The van der Waals surface area contributed by atoms with E-state index in [2.05, 4.69) is 23.5 Å². The number of hydrogen-bond acceptors (Lipinski definition) is 4. The van der Waals surface area contributed by atoms with Crippen molar-refractivity contribution >= 4 is 10.0 Å². The van der Waals surface area contributed by atoms with Crippen molar-refractivity contribution in [3.8, 4) is 0 Å². The summed E-state index contributed by atoms with van der Waals surface area (Å²) in [5.41, 5.74) is 0. The Bertz CT molecular complexity index is 599. The first-order valence-corrected chi connectivity index (χ1v) is 8.97. The fourth-order valence-corrected chi connectivity index (χ4v) is 3.94. The molecule has 7 heteroatoms. The number of rotatable bonds is 6. The van der Waals surface area contributed by atoms with Crippen molar-refractivity contribution in [3.05, 3.63) is 30.1 Å². The van der Waals surface area contributed by atoms with Gasteiger partial charge >= 0.3 is 0 Å². The molecule has 1 fully saturated rings. The Balaban J connectivity index is 1.91. The monoisotopic (exact) mass is 330 g/mol. The summed E-state index contributed by atoms with van der Waals surface area (Å²) >= 11 is 0. The van der Waals surface area contributed by atoms with Crippen LogP contribution in [0.4, 0.5) is 4.39 Å². The molecular weight excluding hydrogens is 307 g/mol. The van der Waals surface area contributed by atoms with E-state index in [9.17, 15) is 17.9 Å². The predicted octanol–water partition coefficient (Wildman–Crippen LogP) is 1.34. The smallest absolute Gasteiger partial charge is 0.240 e. The van der Waals surface area contributed by atoms with Gasteiger partial charge in [0.15, 0.2) is 0 Å². The standard InChI is InChI=1S/C15H23FN2O3S/c1-11-6-7-12(2)18(11)10-14(19)9-17-22(20,21)15-5-3-4-13(16)8-15/h3-5,8,11-12,14,17,19H,6-7,9-10H2,1-2H3/t11?,12?,14-/m0/s1. The molecule has 0 amide bonds. The lowest BCUT2D eigenvalue weighted by Gasteiger charge is -2.28. The van der Waals surface area contributed by atoms with E-state index >= 15 is 0 Å². The van der Waals surface area contributed by atoms with Crippen molar-refractivity contribution in [1.82, 2.24) is 9.62 Å². The zero-order chi connectivity index (χ0) is 16.3. The summed E-state index contributed by atoms with van der Waals surface area (Å²) in [5, 5.41) is 10.1. The van der Waals surface area contributed by atoms with E-state index < -0.39 is 21.9 Å². The van der Waals surface area contributed by atoms with Gasteiger partial charge in [0.05, 0.1) is 11.0 Å². The zero-order valence-electron chi connectivity index (χ0n) is 12.9. The van der Waals surface area contributed by atoms with Crippen LogP contribution in [-0.2, 0) is 10.0 Å². The second-order valence-corrected chi connectivity index (χ2v) is 7.70. The molecule has 124 valence electrons. The van der Waals surface area contributed by atoms with E-state index in [1.807, 2.05) is 0 Å². The first-order chi connectivity index (χ1) is 10.3. The molecule has 0 aliphatic carbocycles. The highest BCUT2D eigenvalue weighted by Gasteiger charge is 2.29. The molecule has 1 saturated heterocycles. The van der Waals surface area contributed by atoms with Crippen LogP contribution in [-0.4, -0.2) is 49.7 Å². The lowest BCUT2D eigenvalue weighted by molar-refractivity contribution is 0.0941. The van der Waals surface area contributed by atoms with Gasteiger partial charge in [0.2, 0.25) is 10.0 Å². The Morgan fingerprint density at radius 1 is 1.36 bits per heavy atom. The molecule has 0 aromatic heterocycles. The molecule has 2 N–H and O–H groups in total. The summed E-state index contributed by atoms with van der Waals surface area (Å²) in [6.07, 6.45) is 1.37. The van der Waals surface area contributed by atoms with E-state index in [1.165, 1.54) is 18.2 Å². The van der Waals surface area contributed by atoms with Gasteiger partial charge in [0.25, 0.3) is 0 Å². The van der Waals surface area contributed by atoms with E-state index in [1.54, 1.807) is 0 Å². The van der Waals surface area contributed by atoms with E-state index in [4.69, 9.17) is 0 Å². The first-order valence-electron chi connectivity index (χ1n) is 7.48. The van der Waals surface area contributed by atoms with Crippen molar-refractivity contribution in [2.45, 2.75) is 49.8 Å². The molecule has 1 heterocycles. The number of halogens is 1. The minimum atomic E-state index is -3.81. The Morgan fingerprint density at radius 3 is 2.59 bits per heavy atom. The molecule has 2 unspecified atom stereocenters. The number of sulfonamides is 1. The highest BCUT2D eigenvalue weighted by molar-refractivity contribution is 7.89. The molecule has 0 spiro atoms. The maximum absolute atomic E-state index is 13.1. The minimum absolute atomic E-state index is 0.0885. The maximum Gasteiger partial charge on any atom is 0.240 e. The molecule has 0 radical (unpaired) electrons. The van der Waals surface area contributed by atoms with Gasteiger partial charge < -0.3 is 5.11 Å². The highest BCUT2D eigenvalue weighted by atomic mass is 32.2. The van der Waals surface area contributed by atoms with Gasteiger partial charge in [-0.2, -0.15) is 0 Å². The second-order valence-electron chi connectivity index (χ2n) is 5.94. The molecule has 0 saturated carbocycles. The van der Waals surface area contributed by atoms with Gasteiger partial charge in [0, 0.05) is 25.2 Å². The average molecular weight is 330 g/mol. The number of nitrogens with one attached hydrogen (secondary N) is 1. The van der Waals surface area contributed by atoms with Crippen molar-refractivity contribution in [1.29, 1.82) is 0 Å². The van der Waals surface area contributed by atoms with Crippen molar-refractivity contribution in [2.24, 2.45) is 0 Å². The first kappa shape index (κ1) is 17.3. The van der Waals surface area contributed by atoms with Crippen LogP contribution in [0.5, 0.6) is 0 Å². The van der Waals surface area contributed by atoms with Gasteiger partial charge in [-0.25, -0.2) is 17.5 Å². The van der Waals surface area contributed by atoms with E-state index in [-0.39, 0.29) is 11.4 Å². The van der Waals surface area contributed by atoms with Crippen LogP contribution in [0.25, 0.3) is 0 Å². The molecular formula is C15H23FN2O3S. The molecule has 1 aliphatic rings. The largest absolute Gasteiger partial charge is 0.390 e. The van der Waals surface area contributed by atoms with Gasteiger partial charge in [0.1, 0.15) is 5.82 Å². The Morgan fingerprint density at radius 2 is 2.00 bits per heavy atom. The Kier molecular flexibility index (Phi) is 5.55. The molecule has 1 aromatic carbocycles. The Labute approximate surface area is 131 Å². The average Bonchev–Trinajstić information content (AvgIpc) is 2.77. The molecule has 3 atom stereocenters. The van der Waals surface area contributed by atoms with Gasteiger partial charge in [-0.3, -0.25) is 4.90 Å². The summed E-state index contributed by atoms with van der Waals surface area (Å²) in [6.45, 7) is 4.54. The van der Waals surface area contributed by atoms with Crippen molar-refractivity contribution < 1.29 is 17.9 Å². The van der Waals surface area contributed by atoms with Crippen LogP contribution in [0.2, 0.25) is 0 Å². The highest BCUT2D eigenvalue weighted by Crippen LogP contribution is 2.23. The lowest BCUT2D eigenvalue weighted by atomic mass is 10.2. The van der Waals surface area contributed by atoms with Crippen molar-refractivity contribution in [3.63, 3.8) is 0 Å². The molecule has 1 aromatic rings. The van der Waals surface area contributed by atoms with Crippen LogP contribution in [0.15, 0.2) is 29.2 Å². The van der Waals surface area contributed by atoms with Gasteiger partial charge in [-0.05, 0) is 44.9 Å². The number of likely N-dealkylation sites (tertiary alicyclic amines) is 1. The number of nitrogens with zero attached hydrogens (tertiary/aromatic N) is 1. The summed E-state index contributed by atoms with van der Waals surface area (Å²) < 4.78 is 39.5. The van der Waals surface area contributed by atoms with Gasteiger partial charge in [-0.15, -0.1) is 0 Å². The van der Waals surface area contributed by atoms with Crippen LogP contribution >= 0.6 is 0 Å². The molecule has 2 rings (SSSR count). The number of β-amino-alcohol motifs (C(OH)–C–C–N with tert-alkyl or cyclic N) is 1. The Hall–Kier alpha value is -1.02. The van der Waals surface area contributed by atoms with Crippen LogP contribution in [0.1, 0.15) is 26.7 Å². The normalized spacial score (nSPS) is 24.5. The molecule has 22 heavy (non-hydrogen) atoms. The predicted molar refractivity (Wildman–Crippen MR) is 82.5 cm³/mol. The summed E-state index contributed by atoms with van der Waals surface area (Å²) in [7, 11) is -3.81. The summed E-state index contributed by atoms with van der Waals surface area (Å²) in [4.78, 5) is 2.05. The van der Waals surface area contributed by atoms with Crippen LogP contribution in [0.3, 0.4) is 0 Å². The third-order valence-corrected chi connectivity index (χ3v) is 5.59. The molecule has 5 nitrogen and oxygen atoms in total. The fraction of sp³-hybridized carbons (Fsp3) is 0.600. The third-order valence-electron chi connectivity index (χ3n) is 4.17.